The molecule has 2 aromatic carbocycles. The molecule has 0 aromatic heterocycles. The van der Waals surface area contributed by atoms with Crippen molar-refractivity contribution < 1.29 is 14.3 Å². The molecule has 1 fully saturated rings. The van der Waals surface area contributed by atoms with Crippen molar-refractivity contribution >= 4 is 45.0 Å². The van der Waals surface area contributed by atoms with E-state index in [1.807, 2.05) is 17.0 Å². The molecule has 1 aliphatic rings. The Bertz CT molecular complexity index is 805. The van der Waals surface area contributed by atoms with Crippen molar-refractivity contribution in [1.82, 2.24) is 4.90 Å². The summed E-state index contributed by atoms with van der Waals surface area (Å²) in [5.41, 5.74) is 1.95. The molecule has 1 N–H and O–H groups in total. The fourth-order valence-electron chi connectivity index (χ4n) is 2.68. The van der Waals surface area contributed by atoms with Gasteiger partial charge in [0.25, 0.3) is 5.91 Å². The molecule has 5 nitrogen and oxygen atoms in total. The van der Waals surface area contributed by atoms with Gasteiger partial charge >= 0.3 is 0 Å². The van der Waals surface area contributed by atoms with Gasteiger partial charge < -0.3 is 15.0 Å². The highest BCUT2D eigenvalue weighted by Crippen LogP contribution is 2.22. The van der Waals surface area contributed by atoms with Gasteiger partial charge in [0.2, 0.25) is 5.91 Å². The lowest BCUT2D eigenvalue weighted by molar-refractivity contribution is -0.134. The maximum Gasteiger partial charge on any atom is 0.257 e. The molecule has 0 bridgehead atoms. The highest BCUT2D eigenvalue weighted by Gasteiger charge is 2.17. The van der Waals surface area contributed by atoms with Gasteiger partial charge in [0.15, 0.2) is 0 Å². The van der Waals surface area contributed by atoms with Crippen LogP contribution in [-0.4, -0.2) is 43.0 Å². The molecule has 26 heavy (non-hydrogen) atoms. The fourth-order valence-corrected chi connectivity index (χ4v) is 3.24. The molecule has 7 heteroatoms. The molecule has 3 rings (SSSR count). The Labute approximate surface area is 165 Å². The van der Waals surface area contributed by atoms with Gasteiger partial charge in [0, 0.05) is 23.2 Å². The number of morpholine rings is 1. The third kappa shape index (κ3) is 4.84. The lowest BCUT2D eigenvalue weighted by Gasteiger charge is -2.26. The molecule has 1 heterocycles. The van der Waals surface area contributed by atoms with Crippen LogP contribution in [0.3, 0.4) is 0 Å². The van der Waals surface area contributed by atoms with Crippen molar-refractivity contribution in [1.29, 1.82) is 0 Å². The summed E-state index contributed by atoms with van der Waals surface area (Å²) >= 11 is 9.41. The van der Waals surface area contributed by atoms with Crippen molar-refractivity contribution in [2.24, 2.45) is 0 Å². The number of ether oxygens (including phenoxy) is 1. The van der Waals surface area contributed by atoms with Crippen LogP contribution in [-0.2, 0) is 16.0 Å². The third-order valence-corrected chi connectivity index (χ3v) is 4.93. The first kappa shape index (κ1) is 18.9. The minimum absolute atomic E-state index is 0.0889. The van der Waals surface area contributed by atoms with E-state index in [9.17, 15) is 9.59 Å². The molecule has 2 aromatic rings. The minimum Gasteiger partial charge on any atom is -0.378 e. The summed E-state index contributed by atoms with van der Waals surface area (Å²) in [4.78, 5) is 26.4. The van der Waals surface area contributed by atoms with E-state index >= 15 is 0 Å². The monoisotopic (exact) mass is 436 g/mol. The molecule has 0 atom stereocenters. The number of anilines is 1. The van der Waals surface area contributed by atoms with Gasteiger partial charge in [-0.3, -0.25) is 9.59 Å². The first-order chi connectivity index (χ1) is 12.5. The smallest absolute Gasteiger partial charge is 0.257 e. The number of nitrogens with zero attached hydrogens (tertiary/aromatic N) is 1. The summed E-state index contributed by atoms with van der Waals surface area (Å²) in [5, 5.41) is 3.20. The van der Waals surface area contributed by atoms with Gasteiger partial charge in [-0.15, -0.1) is 0 Å². The summed E-state index contributed by atoms with van der Waals surface area (Å²) in [5.74, 6) is -0.195. The molecular formula is C19H18BrClN2O3. The van der Waals surface area contributed by atoms with Crippen molar-refractivity contribution in [2.45, 2.75) is 6.42 Å². The first-order valence-electron chi connectivity index (χ1n) is 8.24. The Morgan fingerprint density at radius 3 is 2.50 bits per heavy atom. The average molecular weight is 438 g/mol. The molecule has 0 saturated carbocycles. The van der Waals surface area contributed by atoms with Gasteiger partial charge in [-0.1, -0.05) is 39.7 Å². The summed E-state index contributed by atoms with van der Waals surface area (Å²) in [6.07, 6.45) is 0.339. The Hall–Kier alpha value is -1.89. The maximum absolute atomic E-state index is 12.4. The predicted molar refractivity (Wildman–Crippen MR) is 105 cm³/mol. The highest BCUT2D eigenvalue weighted by molar-refractivity contribution is 9.10. The van der Waals surface area contributed by atoms with Crippen molar-refractivity contribution in [3.63, 3.8) is 0 Å². The molecular weight excluding hydrogens is 420 g/mol. The second kappa shape index (κ2) is 8.66. The van der Waals surface area contributed by atoms with Crippen LogP contribution in [0, 0.1) is 0 Å². The van der Waals surface area contributed by atoms with Crippen molar-refractivity contribution in [3.05, 3.63) is 63.1 Å². The Morgan fingerprint density at radius 2 is 1.81 bits per heavy atom. The van der Waals surface area contributed by atoms with E-state index in [0.717, 1.165) is 10.0 Å². The summed E-state index contributed by atoms with van der Waals surface area (Å²) in [6.45, 7) is 2.46. The van der Waals surface area contributed by atoms with E-state index < -0.39 is 0 Å². The summed E-state index contributed by atoms with van der Waals surface area (Å²) in [6, 6.07) is 12.4. The minimum atomic E-state index is -0.284. The van der Waals surface area contributed by atoms with Gasteiger partial charge in [-0.05, 0) is 35.9 Å². The Kier molecular flexibility index (Phi) is 6.29. The van der Waals surface area contributed by atoms with Gasteiger partial charge in [-0.25, -0.2) is 0 Å². The SMILES string of the molecule is O=C(Nc1ccc(CC(=O)N2CCOCC2)cc1)c1cc(Br)ccc1Cl. The Morgan fingerprint density at radius 1 is 1.12 bits per heavy atom. The van der Waals surface area contributed by atoms with Crippen LogP contribution in [0.25, 0.3) is 0 Å². The lowest BCUT2D eigenvalue weighted by Crippen LogP contribution is -2.41. The molecule has 2 amide bonds. The topological polar surface area (TPSA) is 58.6 Å². The van der Waals surface area contributed by atoms with Crippen LogP contribution in [0.1, 0.15) is 15.9 Å². The second-order valence-corrected chi connectivity index (χ2v) is 7.27. The van der Waals surface area contributed by atoms with E-state index in [-0.39, 0.29) is 11.8 Å². The third-order valence-electron chi connectivity index (χ3n) is 4.10. The van der Waals surface area contributed by atoms with Crippen LogP contribution in [0.4, 0.5) is 5.69 Å². The number of hydrogen-bond donors (Lipinski definition) is 1. The normalized spacial score (nSPS) is 14.2. The summed E-state index contributed by atoms with van der Waals surface area (Å²) in [7, 11) is 0. The highest BCUT2D eigenvalue weighted by atomic mass is 79.9. The standard InChI is InChI=1S/C19H18BrClN2O3/c20-14-3-6-17(21)16(12-14)19(25)22-15-4-1-13(2-5-15)11-18(24)23-7-9-26-10-8-23/h1-6,12H,7-11H2,(H,22,25). The zero-order valence-corrected chi connectivity index (χ0v) is 16.3. The largest absolute Gasteiger partial charge is 0.378 e. The fraction of sp³-hybridized carbons (Fsp3) is 0.263. The first-order valence-corrected chi connectivity index (χ1v) is 9.41. The van der Waals surface area contributed by atoms with Crippen LogP contribution >= 0.6 is 27.5 Å². The number of nitrogens with one attached hydrogen (secondary N) is 1. The number of carbonyl (C=O) groups excluding carboxylic acids is 2. The number of carbonyl (C=O) groups is 2. The van der Waals surface area contributed by atoms with E-state index in [4.69, 9.17) is 16.3 Å². The molecule has 1 aliphatic heterocycles. The van der Waals surface area contributed by atoms with Gasteiger partial charge in [0.1, 0.15) is 0 Å². The Balaban J connectivity index is 1.61. The van der Waals surface area contributed by atoms with Crippen molar-refractivity contribution in [3.8, 4) is 0 Å². The average Bonchev–Trinajstić information content (AvgIpc) is 2.66. The zero-order valence-electron chi connectivity index (χ0n) is 14.0. The van der Waals surface area contributed by atoms with E-state index in [1.54, 1.807) is 30.3 Å². The quantitative estimate of drug-likeness (QED) is 0.792. The molecule has 0 spiro atoms. The van der Waals surface area contributed by atoms with Crippen LogP contribution < -0.4 is 5.32 Å². The maximum atomic E-state index is 12.4. The second-order valence-electron chi connectivity index (χ2n) is 5.95. The van der Waals surface area contributed by atoms with E-state index in [1.165, 1.54) is 0 Å². The molecule has 0 unspecified atom stereocenters. The zero-order chi connectivity index (χ0) is 18.5. The van der Waals surface area contributed by atoms with Gasteiger partial charge in [0.05, 0.1) is 30.2 Å². The molecule has 0 radical (unpaired) electrons. The van der Waals surface area contributed by atoms with Crippen LogP contribution in [0.5, 0.6) is 0 Å². The van der Waals surface area contributed by atoms with E-state index in [2.05, 4.69) is 21.2 Å². The van der Waals surface area contributed by atoms with Crippen LogP contribution in [0.15, 0.2) is 46.9 Å². The summed E-state index contributed by atoms with van der Waals surface area (Å²) < 4.78 is 6.04. The predicted octanol–water partition coefficient (Wildman–Crippen LogP) is 3.76. The number of amides is 2. The van der Waals surface area contributed by atoms with Crippen molar-refractivity contribution in [2.75, 3.05) is 31.6 Å². The van der Waals surface area contributed by atoms with Gasteiger partial charge in [-0.2, -0.15) is 0 Å². The number of rotatable bonds is 4. The number of halogens is 2. The number of hydrogen-bond acceptors (Lipinski definition) is 3. The van der Waals surface area contributed by atoms with Crippen LogP contribution in [0.2, 0.25) is 5.02 Å². The molecule has 1 saturated heterocycles. The molecule has 0 aliphatic carbocycles. The number of benzene rings is 2. The molecule has 136 valence electrons. The lowest BCUT2D eigenvalue weighted by atomic mass is 10.1. The van der Waals surface area contributed by atoms with E-state index in [0.29, 0.717) is 49.0 Å².